The van der Waals surface area contributed by atoms with Crippen molar-refractivity contribution in [2.24, 2.45) is 7.05 Å². The van der Waals surface area contributed by atoms with Gasteiger partial charge in [0.25, 0.3) is 5.91 Å². The van der Waals surface area contributed by atoms with Gasteiger partial charge in [0, 0.05) is 25.9 Å². The van der Waals surface area contributed by atoms with E-state index in [-0.39, 0.29) is 5.91 Å². The number of rotatable bonds is 5. The smallest absolute Gasteiger partial charge is 0.254 e. The Balaban J connectivity index is 1.73. The maximum Gasteiger partial charge on any atom is 0.254 e. The predicted molar refractivity (Wildman–Crippen MR) is 92.0 cm³/mol. The Morgan fingerprint density at radius 2 is 1.83 bits per heavy atom. The number of carbonyl (C=O) groups is 1. The zero-order valence-electron chi connectivity index (χ0n) is 13.7. The Labute approximate surface area is 141 Å². The molecule has 5 nitrogen and oxygen atoms in total. The summed E-state index contributed by atoms with van der Waals surface area (Å²) in [6.45, 7) is 0.499. The number of aryl methyl sites for hydroxylation is 1. The molecule has 0 bridgehead atoms. The lowest BCUT2D eigenvalue weighted by molar-refractivity contribution is 0.0781. The standard InChI is InChI=1S/C19H19N3O2/c1-21(14-16-11-12-20-22(16)2)19(23)15-7-6-10-18(13-15)24-17-8-4-3-5-9-17/h3-13H,14H2,1-2H3. The van der Waals surface area contributed by atoms with Crippen molar-refractivity contribution in [1.82, 2.24) is 14.7 Å². The highest BCUT2D eigenvalue weighted by atomic mass is 16.5. The summed E-state index contributed by atoms with van der Waals surface area (Å²) in [6.07, 6.45) is 1.72. The monoisotopic (exact) mass is 321 g/mol. The third-order valence-electron chi connectivity index (χ3n) is 3.73. The predicted octanol–water partition coefficient (Wildman–Crippen LogP) is 3.48. The normalized spacial score (nSPS) is 10.4. The van der Waals surface area contributed by atoms with Gasteiger partial charge in [-0.25, -0.2) is 0 Å². The van der Waals surface area contributed by atoms with Gasteiger partial charge in [0.1, 0.15) is 11.5 Å². The van der Waals surface area contributed by atoms with Crippen LogP contribution in [0.1, 0.15) is 16.1 Å². The van der Waals surface area contributed by atoms with E-state index in [9.17, 15) is 4.79 Å². The minimum atomic E-state index is -0.0605. The Morgan fingerprint density at radius 3 is 2.54 bits per heavy atom. The van der Waals surface area contributed by atoms with Gasteiger partial charge in [-0.05, 0) is 36.4 Å². The Hall–Kier alpha value is -3.08. The van der Waals surface area contributed by atoms with Crippen LogP contribution < -0.4 is 4.74 Å². The van der Waals surface area contributed by atoms with Crippen LogP contribution in [0.5, 0.6) is 11.5 Å². The van der Waals surface area contributed by atoms with Crippen LogP contribution in [0.15, 0.2) is 66.9 Å². The number of ether oxygens (including phenoxy) is 1. The van der Waals surface area contributed by atoms with Gasteiger partial charge in [-0.3, -0.25) is 9.48 Å². The highest BCUT2D eigenvalue weighted by Crippen LogP contribution is 2.22. The molecule has 1 aromatic heterocycles. The average molecular weight is 321 g/mol. The van der Waals surface area contributed by atoms with Gasteiger partial charge in [0.15, 0.2) is 0 Å². The molecule has 122 valence electrons. The summed E-state index contributed by atoms with van der Waals surface area (Å²) in [7, 11) is 3.64. The van der Waals surface area contributed by atoms with Crippen molar-refractivity contribution in [3.05, 3.63) is 78.1 Å². The van der Waals surface area contributed by atoms with Gasteiger partial charge in [-0.1, -0.05) is 24.3 Å². The molecule has 1 heterocycles. The number of hydrogen-bond acceptors (Lipinski definition) is 3. The minimum Gasteiger partial charge on any atom is -0.457 e. The Morgan fingerprint density at radius 1 is 1.08 bits per heavy atom. The van der Waals surface area contributed by atoms with E-state index in [0.717, 1.165) is 11.4 Å². The van der Waals surface area contributed by atoms with E-state index < -0.39 is 0 Å². The lowest BCUT2D eigenvalue weighted by atomic mass is 10.2. The molecule has 3 rings (SSSR count). The number of hydrogen-bond donors (Lipinski definition) is 0. The number of carbonyl (C=O) groups excluding carboxylic acids is 1. The second-order valence-electron chi connectivity index (χ2n) is 5.55. The third kappa shape index (κ3) is 3.63. The summed E-state index contributed by atoms with van der Waals surface area (Å²) in [6, 6.07) is 18.6. The van der Waals surface area contributed by atoms with Crippen molar-refractivity contribution < 1.29 is 9.53 Å². The molecule has 0 spiro atoms. The molecule has 0 aliphatic heterocycles. The highest BCUT2D eigenvalue weighted by molar-refractivity contribution is 5.94. The van der Waals surface area contributed by atoms with Crippen LogP contribution in [0.2, 0.25) is 0 Å². The molecule has 0 fully saturated rings. The van der Waals surface area contributed by atoms with Crippen molar-refractivity contribution in [3.63, 3.8) is 0 Å². The van der Waals surface area contributed by atoms with E-state index in [1.807, 2.05) is 55.6 Å². The average Bonchev–Trinajstić information content (AvgIpc) is 3.00. The van der Waals surface area contributed by atoms with Gasteiger partial charge in [0.05, 0.1) is 12.2 Å². The number of amides is 1. The molecular formula is C19H19N3O2. The summed E-state index contributed by atoms with van der Waals surface area (Å²) >= 11 is 0. The molecule has 1 amide bonds. The van der Waals surface area contributed by atoms with Crippen LogP contribution in [0.3, 0.4) is 0 Å². The fourth-order valence-electron chi connectivity index (χ4n) is 2.41. The third-order valence-corrected chi connectivity index (χ3v) is 3.73. The first-order chi connectivity index (χ1) is 11.6. The lowest BCUT2D eigenvalue weighted by Gasteiger charge is -2.17. The molecular weight excluding hydrogens is 302 g/mol. The highest BCUT2D eigenvalue weighted by Gasteiger charge is 2.14. The molecule has 24 heavy (non-hydrogen) atoms. The van der Waals surface area contributed by atoms with Crippen molar-refractivity contribution in [2.75, 3.05) is 7.05 Å². The van der Waals surface area contributed by atoms with E-state index in [4.69, 9.17) is 4.74 Å². The molecule has 5 heteroatoms. The SMILES string of the molecule is CN(Cc1ccnn1C)C(=O)c1cccc(Oc2ccccc2)c1. The first kappa shape index (κ1) is 15.8. The Kier molecular flexibility index (Phi) is 4.61. The molecule has 0 aliphatic carbocycles. The second kappa shape index (κ2) is 7.00. The van der Waals surface area contributed by atoms with Crippen molar-refractivity contribution in [3.8, 4) is 11.5 Å². The van der Waals surface area contributed by atoms with Crippen molar-refractivity contribution in [2.45, 2.75) is 6.54 Å². The Bertz CT molecular complexity index is 827. The van der Waals surface area contributed by atoms with Crippen LogP contribution in [-0.4, -0.2) is 27.6 Å². The maximum atomic E-state index is 12.6. The fraction of sp³-hybridized carbons (Fsp3) is 0.158. The molecule has 0 saturated heterocycles. The second-order valence-corrected chi connectivity index (χ2v) is 5.55. The molecule has 0 N–H and O–H groups in total. The van der Waals surface area contributed by atoms with Gasteiger partial charge in [-0.15, -0.1) is 0 Å². The van der Waals surface area contributed by atoms with Crippen molar-refractivity contribution in [1.29, 1.82) is 0 Å². The minimum absolute atomic E-state index is 0.0605. The number of para-hydroxylation sites is 1. The first-order valence-corrected chi connectivity index (χ1v) is 7.69. The van der Waals surface area contributed by atoms with Crippen LogP contribution >= 0.6 is 0 Å². The molecule has 0 unspecified atom stereocenters. The van der Waals surface area contributed by atoms with E-state index in [2.05, 4.69) is 5.10 Å². The van der Waals surface area contributed by atoms with Crippen LogP contribution in [0, 0.1) is 0 Å². The van der Waals surface area contributed by atoms with E-state index in [1.165, 1.54) is 0 Å². The molecule has 0 radical (unpaired) electrons. The van der Waals surface area contributed by atoms with E-state index in [1.54, 1.807) is 35.0 Å². The van der Waals surface area contributed by atoms with Gasteiger partial charge in [-0.2, -0.15) is 5.10 Å². The number of nitrogens with zero attached hydrogens (tertiary/aromatic N) is 3. The van der Waals surface area contributed by atoms with Gasteiger partial charge < -0.3 is 9.64 Å². The first-order valence-electron chi connectivity index (χ1n) is 7.69. The van der Waals surface area contributed by atoms with Crippen LogP contribution in [0.25, 0.3) is 0 Å². The van der Waals surface area contributed by atoms with Gasteiger partial charge >= 0.3 is 0 Å². The molecule has 2 aromatic carbocycles. The number of aromatic nitrogens is 2. The van der Waals surface area contributed by atoms with E-state index >= 15 is 0 Å². The number of benzene rings is 2. The molecule has 3 aromatic rings. The lowest BCUT2D eigenvalue weighted by Crippen LogP contribution is -2.27. The summed E-state index contributed by atoms with van der Waals surface area (Å²) in [5.41, 5.74) is 1.57. The van der Waals surface area contributed by atoms with E-state index in [0.29, 0.717) is 17.9 Å². The van der Waals surface area contributed by atoms with Gasteiger partial charge in [0.2, 0.25) is 0 Å². The molecule has 0 atom stereocenters. The topological polar surface area (TPSA) is 47.4 Å². The van der Waals surface area contributed by atoms with Crippen molar-refractivity contribution >= 4 is 5.91 Å². The quantitative estimate of drug-likeness (QED) is 0.723. The summed E-state index contributed by atoms with van der Waals surface area (Å²) in [5, 5.41) is 4.12. The largest absolute Gasteiger partial charge is 0.457 e. The molecule has 0 saturated carbocycles. The molecule has 0 aliphatic rings. The fourth-order valence-corrected chi connectivity index (χ4v) is 2.41. The summed E-state index contributed by atoms with van der Waals surface area (Å²) in [4.78, 5) is 14.3. The van der Waals surface area contributed by atoms with Crippen LogP contribution in [-0.2, 0) is 13.6 Å². The van der Waals surface area contributed by atoms with Crippen LogP contribution in [0.4, 0.5) is 0 Å². The zero-order valence-corrected chi connectivity index (χ0v) is 13.7. The maximum absolute atomic E-state index is 12.6. The summed E-state index contributed by atoms with van der Waals surface area (Å²) in [5.74, 6) is 1.32. The summed E-state index contributed by atoms with van der Waals surface area (Å²) < 4.78 is 7.55. The zero-order chi connectivity index (χ0) is 16.9.